The fourth-order valence-electron chi connectivity index (χ4n) is 4.60. The fraction of sp³-hybridized carbons (Fsp3) is 0.444. The van der Waals surface area contributed by atoms with Crippen LogP contribution in [0.15, 0.2) is 52.0 Å². The van der Waals surface area contributed by atoms with E-state index in [0.29, 0.717) is 35.6 Å². The van der Waals surface area contributed by atoms with Crippen molar-refractivity contribution in [2.75, 3.05) is 56.2 Å². The molecule has 202 valence electrons. The van der Waals surface area contributed by atoms with Crippen molar-refractivity contribution in [2.24, 2.45) is 0 Å². The molecule has 1 N–H and O–H groups in total. The number of halogens is 1. The highest BCUT2D eigenvalue weighted by molar-refractivity contribution is 7.98. The number of anilines is 2. The van der Waals surface area contributed by atoms with Crippen LogP contribution in [0.4, 0.5) is 11.5 Å². The number of nitrogens with one attached hydrogen (secondary N) is 1. The minimum Gasteiger partial charge on any atom is -0.455 e. The highest BCUT2D eigenvalue weighted by Gasteiger charge is 2.22. The molecule has 2 saturated heterocycles. The van der Waals surface area contributed by atoms with E-state index in [1.807, 2.05) is 30.3 Å². The van der Waals surface area contributed by atoms with Gasteiger partial charge in [0, 0.05) is 52.5 Å². The van der Waals surface area contributed by atoms with Gasteiger partial charge in [0.25, 0.3) is 5.91 Å². The van der Waals surface area contributed by atoms with Crippen LogP contribution in [-0.2, 0) is 21.8 Å². The molecule has 38 heavy (non-hydrogen) atoms. The smallest absolute Gasteiger partial charge is 0.287 e. The third kappa shape index (κ3) is 6.79. The molecular weight excluding hydrogens is 526 g/mol. The Morgan fingerprint density at radius 2 is 1.97 bits per heavy atom. The highest BCUT2D eigenvalue weighted by atomic mass is 35.5. The summed E-state index contributed by atoms with van der Waals surface area (Å²) in [6.07, 6.45) is 2.10. The third-order valence-electron chi connectivity index (χ3n) is 6.58. The summed E-state index contributed by atoms with van der Waals surface area (Å²) in [5, 5.41) is 4.30. The lowest BCUT2D eigenvalue weighted by molar-refractivity contribution is 0.0834. The Hall–Kier alpha value is -2.79. The molecule has 1 amide bonds. The van der Waals surface area contributed by atoms with E-state index in [-0.39, 0.29) is 12.0 Å². The molecule has 1 aromatic carbocycles. The number of benzene rings is 1. The first-order valence-electron chi connectivity index (χ1n) is 12.8. The summed E-state index contributed by atoms with van der Waals surface area (Å²) in [7, 11) is 1.66. The second-order valence-electron chi connectivity index (χ2n) is 9.26. The number of amides is 1. The van der Waals surface area contributed by atoms with Crippen molar-refractivity contribution in [1.82, 2.24) is 15.3 Å². The van der Waals surface area contributed by atoms with Crippen LogP contribution in [0.5, 0.6) is 0 Å². The van der Waals surface area contributed by atoms with Crippen LogP contribution in [0, 0.1) is 0 Å². The molecule has 0 aliphatic carbocycles. The monoisotopic (exact) mass is 557 g/mol. The number of para-hydroxylation sites is 1. The Labute approximate surface area is 231 Å². The van der Waals surface area contributed by atoms with Crippen LogP contribution in [0.2, 0.25) is 5.02 Å². The zero-order chi connectivity index (χ0) is 26.3. The fourth-order valence-corrected chi connectivity index (χ4v) is 5.63. The molecule has 0 unspecified atom stereocenters. The second kappa shape index (κ2) is 12.8. The van der Waals surface area contributed by atoms with E-state index in [1.54, 1.807) is 13.2 Å². The lowest BCUT2D eigenvalue weighted by atomic mass is 10.2. The highest BCUT2D eigenvalue weighted by Crippen LogP contribution is 2.28. The summed E-state index contributed by atoms with van der Waals surface area (Å²) in [6.45, 7) is 5.00. The van der Waals surface area contributed by atoms with Crippen molar-refractivity contribution in [2.45, 2.75) is 36.5 Å². The molecule has 0 radical (unpaired) electrons. The maximum Gasteiger partial charge on any atom is 0.287 e. The van der Waals surface area contributed by atoms with Crippen LogP contribution >= 0.6 is 23.4 Å². The quantitative estimate of drug-likeness (QED) is 0.287. The molecule has 1 atom stereocenters. The van der Waals surface area contributed by atoms with E-state index in [4.69, 9.17) is 30.5 Å². The van der Waals surface area contributed by atoms with Gasteiger partial charge in [0.05, 0.1) is 34.9 Å². The number of methoxy groups -OCH3 is 1. The topological polar surface area (TPSA) is 93.0 Å². The van der Waals surface area contributed by atoms with Crippen LogP contribution in [-0.4, -0.2) is 68.4 Å². The predicted octanol–water partition coefficient (Wildman–Crippen LogP) is 4.40. The van der Waals surface area contributed by atoms with Crippen molar-refractivity contribution in [3.8, 4) is 0 Å². The molecule has 9 nitrogen and oxygen atoms in total. The lowest BCUT2D eigenvalue weighted by Gasteiger charge is -2.37. The zero-order valence-corrected chi connectivity index (χ0v) is 23.0. The molecule has 5 rings (SSSR count). The number of furan rings is 1. The molecule has 0 spiro atoms. The second-order valence-corrected chi connectivity index (χ2v) is 10.6. The Morgan fingerprint density at radius 3 is 2.74 bits per heavy atom. The molecule has 2 aliphatic rings. The molecular formula is C27H32ClN5O4S. The van der Waals surface area contributed by atoms with E-state index >= 15 is 0 Å². The standard InChI is InChI=1S/C27H32ClN5O4S/c1-35-17-19-15-25(33-12-10-32(11-13-33)23-7-3-2-6-22(23)28)31-27(30-19)38-18-21-8-9-24(37-21)26(34)29-16-20-5-4-14-36-20/h2-3,6-9,15,20H,4-5,10-14,16-18H2,1H3,(H,29,34)/t20-/m0/s1. The molecule has 3 aromatic rings. The van der Waals surface area contributed by atoms with Crippen molar-refractivity contribution in [1.29, 1.82) is 0 Å². The molecule has 2 aliphatic heterocycles. The van der Waals surface area contributed by atoms with Crippen molar-refractivity contribution in [3.05, 3.63) is 64.7 Å². The Balaban J connectivity index is 1.19. The molecule has 0 saturated carbocycles. The maximum absolute atomic E-state index is 12.4. The van der Waals surface area contributed by atoms with Crippen LogP contribution in [0.3, 0.4) is 0 Å². The van der Waals surface area contributed by atoms with E-state index in [1.165, 1.54) is 11.8 Å². The van der Waals surface area contributed by atoms with Gasteiger partial charge < -0.3 is 29.0 Å². The Kier molecular flexibility index (Phi) is 9.06. The number of thioether (sulfide) groups is 1. The molecule has 2 fully saturated rings. The minimum absolute atomic E-state index is 0.0915. The molecule has 11 heteroatoms. The first-order valence-corrected chi connectivity index (χ1v) is 14.2. The average molecular weight is 558 g/mol. The first kappa shape index (κ1) is 26.8. The normalized spacial score (nSPS) is 17.7. The van der Waals surface area contributed by atoms with E-state index in [9.17, 15) is 4.79 Å². The summed E-state index contributed by atoms with van der Waals surface area (Å²) >= 11 is 7.88. The number of ether oxygens (including phenoxy) is 2. The van der Waals surface area contributed by atoms with Gasteiger partial charge in [0.15, 0.2) is 10.9 Å². The molecule has 2 aromatic heterocycles. The van der Waals surface area contributed by atoms with Gasteiger partial charge in [0.1, 0.15) is 11.6 Å². The van der Waals surface area contributed by atoms with Crippen molar-refractivity contribution >= 4 is 40.8 Å². The van der Waals surface area contributed by atoms with E-state index in [0.717, 1.165) is 67.8 Å². The lowest BCUT2D eigenvalue weighted by Crippen LogP contribution is -2.47. The minimum atomic E-state index is -0.228. The number of nitrogens with zero attached hydrogens (tertiary/aromatic N) is 4. The Morgan fingerprint density at radius 1 is 1.16 bits per heavy atom. The first-order chi connectivity index (χ1) is 18.6. The van der Waals surface area contributed by atoms with Crippen LogP contribution in [0.25, 0.3) is 0 Å². The van der Waals surface area contributed by atoms with Gasteiger partial charge in [-0.2, -0.15) is 0 Å². The zero-order valence-electron chi connectivity index (χ0n) is 21.4. The summed E-state index contributed by atoms with van der Waals surface area (Å²) in [6, 6.07) is 13.5. The molecule has 0 bridgehead atoms. The van der Waals surface area contributed by atoms with Crippen molar-refractivity contribution in [3.63, 3.8) is 0 Å². The van der Waals surface area contributed by atoms with Gasteiger partial charge in [-0.15, -0.1) is 0 Å². The number of carbonyl (C=O) groups is 1. The van der Waals surface area contributed by atoms with Gasteiger partial charge in [-0.25, -0.2) is 9.97 Å². The summed E-state index contributed by atoms with van der Waals surface area (Å²) in [5.74, 6) is 2.14. The van der Waals surface area contributed by atoms with Gasteiger partial charge >= 0.3 is 0 Å². The average Bonchev–Trinajstić information content (AvgIpc) is 3.64. The maximum atomic E-state index is 12.4. The number of rotatable bonds is 10. The SMILES string of the molecule is COCc1cc(N2CCN(c3ccccc3Cl)CC2)nc(SCc2ccc(C(=O)NC[C@@H]3CCCO3)o2)n1. The van der Waals surface area contributed by atoms with Gasteiger partial charge in [0.2, 0.25) is 0 Å². The van der Waals surface area contributed by atoms with Gasteiger partial charge in [-0.1, -0.05) is 35.5 Å². The van der Waals surface area contributed by atoms with Gasteiger partial charge in [-0.3, -0.25) is 4.79 Å². The molecule has 4 heterocycles. The Bertz CT molecular complexity index is 1230. The van der Waals surface area contributed by atoms with Gasteiger partial charge in [-0.05, 0) is 37.1 Å². The number of piperazine rings is 1. The third-order valence-corrected chi connectivity index (χ3v) is 7.77. The largest absolute Gasteiger partial charge is 0.455 e. The van der Waals surface area contributed by atoms with Crippen molar-refractivity contribution < 1.29 is 18.7 Å². The van der Waals surface area contributed by atoms with E-state index < -0.39 is 0 Å². The predicted molar refractivity (Wildman–Crippen MR) is 148 cm³/mol. The number of carbonyl (C=O) groups excluding carboxylic acids is 1. The van der Waals surface area contributed by atoms with Crippen LogP contribution in [0.1, 0.15) is 34.9 Å². The number of aromatic nitrogens is 2. The summed E-state index contributed by atoms with van der Waals surface area (Å²) in [4.78, 5) is 26.5. The number of hydrogen-bond donors (Lipinski definition) is 1. The summed E-state index contributed by atoms with van der Waals surface area (Å²) < 4.78 is 16.7. The van der Waals surface area contributed by atoms with Crippen LogP contribution < -0.4 is 15.1 Å². The summed E-state index contributed by atoms with van der Waals surface area (Å²) in [5.41, 5.74) is 1.88. The number of hydrogen-bond acceptors (Lipinski definition) is 9. The van der Waals surface area contributed by atoms with E-state index in [2.05, 4.69) is 26.2 Å².